The second-order valence-electron chi connectivity index (χ2n) is 8.29. The van der Waals surface area contributed by atoms with Crippen LogP contribution in [0, 0.1) is 5.92 Å². The van der Waals surface area contributed by atoms with E-state index in [9.17, 15) is 0 Å². The first-order valence-corrected chi connectivity index (χ1v) is 12.0. The number of hydrogen-bond acceptors (Lipinski definition) is 1. The summed E-state index contributed by atoms with van der Waals surface area (Å²) in [6, 6.07) is 30.7. The minimum absolute atomic E-state index is 0.213. The lowest BCUT2D eigenvalue weighted by Crippen LogP contribution is -2.39. The van der Waals surface area contributed by atoms with Crippen LogP contribution in [0.5, 0.6) is 0 Å². The number of benzene rings is 3. The fourth-order valence-electron chi connectivity index (χ4n) is 4.53. The van der Waals surface area contributed by atoms with Crippen molar-refractivity contribution in [2.24, 2.45) is 5.92 Å². The summed E-state index contributed by atoms with van der Waals surface area (Å²) in [4.78, 5) is 1.28. The fraction of sp³-hybridized carbons (Fsp3) is 0.214. The Morgan fingerprint density at radius 2 is 1.37 bits per heavy atom. The van der Waals surface area contributed by atoms with Gasteiger partial charge in [-0.25, -0.2) is 0 Å². The van der Waals surface area contributed by atoms with E-state index in [4.69, 9.17) is 0 Å². The van der Waals surface area contributed by atoms with Crippen molar-refractivity contribution in [3.05, 3.63) is 117 Å². The summed E-state index contributed by atoms with van der Waals surface area (Å²) in [7, 11) is 0. The number of allylic oxidation sites excluding steroid dienone is 2. The quantitative estimate of drug-likeness (QED) is 0.355. The molecule has 0 N–H and O–H groups in total. The largest absolute Gasteiger partial charge is 0.105 e. The van der Waals surface area contributed by atoms with Gasteiger partial charge in [0.25, 0.3) is 0 Å². The van der Waals surface area contributed by atoms with Crippen molar-refractivity contribution in [1.82, 2.24) is 0 Å². The van der Waals surface area contributed by atoms with Crippen LogP contribution in [0.15, 0.2) is 111 Å². The summed E-state index contributed by atoms with van der Waals surface area (Å²) in [5.41, 5.74) is 8.49. The van der Waals surface area contributed by atoms with E-state index in [1.54, 1.807) is 0 Å². The second kappa shape index (κ2) is 8.61. The van der Waals surface area contributed by atoms with Crippen molar-refractivity contribution in [3.63, 3.8) is 0 Å². The van der Waals surface area contributed by atoms with Crippen LogP contribution < -0.4 is 0 Å². The first kappa shape index (κ1) is 21.2. The van der Waals surface area contributed by atoms with E-state index >= 15 is 0 Å². The Hall–Kier alpha value is -2.03. The lowest BCUT2D eigenvalue weighted by Gasteiger charge is -2.51. The molecule has 1 aliphatic carbocycles. The minimum Gasteiger partial charge on any atom is -0.105 e. The second-order valence-corrected chi connectivity index (χ2v) is 10.5. The molecule has 3 aromatic rings. The van der Waals surface area contributed by atoms with E-state index in [1.165, 1.54) is 38.3 Å². The van der Waals surface area contributed by atoms with Gasteiger partial charge in [-0.3, -0.25) is 0 Å². The van der Waals surface area contributed by atoms with Crippen LogP contribution >= 0.6 is 27.7 Å². The number of halogens is 1. The predicted molar refractivity (Wildman–Crippen MR) is 135 cm³/mol. The van der Waals surface area contributed by atoms with Crippen molar-refractivity contribution in [2.75, 3.05) is 0 Å². The molecule has 152 valence electrons. The summed E-state index contributed by atoms with van der Waals surface area (Å²) in [6.45, 7) is 9.17. The Labute approximate surface area is 193 Å². The van der Waals surface area contributed by atoms with Crippen molar-refractivity contribution in [3.8, 4) is 0 Å². The third-order valence-electron chi connectivity index (χ3n) is 5.65. The van der Waals surface area contributed by atoms with Gasteiger partial charge >= 0.3 is 0 Å². The lowest BCUT2D eigenvalue weighted by atomic mass is 9.61. The monoisotopic (exact) mass is 474 g/mol. The SMILES string of the molecule is CC(C)=C1C(C(C)C)=C(c2ccccc2)C1(Sc1ccc(Br)cc1)c1ccccc1. The predicted octanol–water partition coefficient (Wildman–Crippen LogP) is 8.90. The molecule has 4 rings (SSSR count). The third kappa shape index (κ3) is 3.61. The van der Waals surface area contributed by atoms with Gasteiger partial charge < -0.3 is 0 Å². The van der Waals surface area contributed by atoms with E-state index in [0.717, 1.165) is 4.47 Å². The highest BCUT2D eigenvalue weighted by molar-refractivity contribution is 9.10. The van der Waals surface area contributed by atoms with Gasteiger partial charge in [0, 0.05) is 9.37 Å². The molecule has 0 aromatic heterocycles. The Morgan fingerprint density at radius 1 is 0.800 bits per heavy atom. The normalized spacial score (nSPS) is 18.5. The summed E-state index contributed by atoms with van der Waals surface area (Å²) in [6.07, 6.45) is 0. The van der Waals surface area contributed by atoms with Gasteiger partial charge in [-0.2, -0.15) is 0 Å². The molecular formula is C28H27BrS. The molecule has 0 bridgehead atoms. The molecule has 0 fully saturated rings. The average Bonchev–Trinajstić information content (AvgIpc) is 2.73. The smallest absolute Gasteiger partial charge is 0.0964 e. The van der Waals surface area contributed by atoms with Crippen LogP contribution in [0.2, 0.25) is 0 Å². The van der Waals surface area contributed by atoms with Gasteiger partial charge in [0.05, 0.1) is 4.75 Å². The van der Waals surface area contributed by atoms with Crippen LogP contribution in [0.3, 0.4) is 0 Å². The lowest BCUT2D eigenvalue weighted by molar-refractivity contribution is 0.696. The Kier molecular flexibility index (Phi) is 6.09. The molecule has 1 aliphatic rings. The highest BCUT2D eigenvalue weighted by Crippen LogP contribution is 2.67. The molecule has 0 spiro atoms. The van der Waals surface area contributed by atoms with Gasteiger partial charge in [-0.1, -0.05) is 96.0 Å². The van der Waals surface area contributed by atoms with Crippen LogP contribution in [0.25, 0.3) is 5.57 Å². The third-order valence-corrected chi connectivity index (χ3v) is 7.63. The summed E-state index contributed by atoms with van der Waals surface area (Å²) in [5.74, 6) is 0.465. The van der Waals surface area contributed by atoms with Gasteiger partial charge in [0.1, 0.15) is 0 Å². The van der Waals surface area contributed by atoms with E-state index in [0.29, 0.717) is 5.92 Å². The Morgan fingerprint density at radius 3 is 1.90 bits per heavy atom. The van der Waals surface area contributed by atoms with Gasteiger partial charge in [0.2, 0.25) is 0 Å². The maximum atomic E-state index is 3.59. The molecule has 3 aromatic carbocycles. The first-order valence-electron chi connectivity index (χ1n) is 10.4. The fourth-order valence-corrected chi connectivity index (χ4v) is 6.42. The van der Waals surface area contributed by atoms with Crippen LogP contribution in [0.1, 0.15) is 38.8 Å². The Bertz CT molecular complexity index is 1090. The molecule has 0 saturated carbocycles. The summed E-state index contributed by atoms with van der Waals surface area (Å²) >= 11 is 5.55. The van der Waals surface area contributed by atoms with Gasteiger partial charge in [-0.15, -0.1) is 11.8 Å². The zero-order chi connectivity index (χ0) is 21.3. The maximum Gasteiger partial charge on any atom is 0.0964 e. The molecule has 0 saturated heterocycles. The average molecular weight is 475 g/mol. The van der Waals surface area contributed by atoms with E-state index in [-0.39, 0.29) is 4.75 Å². The van der Waals surface area contributed by atoms with Crippen molar-refractivity contribution in [2.45, 2.75) is 37.3 Å². The van der Waals surface area contributed by atoms with Crippen LogP contribution in [-0.4, -0.2) is 0 Å². The summed E-state index contributed by atoms with van der Waals surface area (Å²) < 4.78 is 0.896. The highest BCUT2D eigenvalue weighted by atomic mass is 79.9. The van der Waals surface area contributed by atoms with Crippen LogP contribution in [0.4, 0.5) is 0 Å². The summed E-state index contributed by atoms with van der Waals surface area (Å²) in [5, 5.41) is 0. The van der Waals surface area contributed by atoms with Crippen molar-refractivity contribution >= 4 is 33.3 Å². The zero-order valence-electron chi connectivity index (χ0n) is 17.9. The molecule has 30 heavy (non-hydrogen) atoms. The number of thioether (sulfide) groups is 1. The van der Waals surface area contributed by atoms with Crippen LogP contribution in [-0.2, 0) is 4.75 Å². The first-order chi connectivity index (χ1) is 14.4. The topological polar surface area (TPSA) is 0 Å². The molecule has 2 heteroatoms. The minimum atomic E-state index is -0.213. The highest BCUT2D eigenvalue weighted by Gasteiger charge is 2.53. The van der Waals surface area contributed by atoms with E-state index in [2.05, 4.69) is 129 Å². The number of hydrogen-bond donors (Lipinski definition) is 0. The molecule has 0 aliphatic heterocycles. The van der Waals surface area contributed by atoms with E-state index in [1.807, 2.05) is 11.8 Å². The standard InChI is InChI=1S/C28H27BrS/c1-19(2)25-26(20(3)4)28(22-13-9-6-10-14-22,27(25)21-11-7-5-8-12-21)30-24-17-15-23(29)16-18-24/h5-19H,1-4H3. The van der Waals surface area contributed by atoms with Gasteiger partial charge in [0.15, 0.2) is 0 Å². The molecule has 0 nitrogen and oxygen atoms in total. The molecule has 1 unspecified atom stereocenters. The molecule has 0 heterocycles. The van der Waals surface area contributed by atoms with Crippen molar-refractivity contribution in [1.29, 1.82) is 0 Å². The molecule has 0 amide bonds. The Balaban J connectivity index is 2.04. The van der Waals surface area contributed by atoms with E-state index < -0.39 is 0 Å². The zero-order valence-corrected chi connectivity index (χ0v) is 20.3. The van der Waals surface area contributed by atoms with Gasteiger partial charge in [-0.05, 0) is 71.9 Å². The number of rotatable bonds is 5. The van der Waals surface area contributed by atoms with Crippen molar-refractivity contribution < 1.29 is 0 Å². The maximum absolute atomic E-state index is 3.59. The molecule has 1 atom stereocenters. The molecule has 0 radical (unpaired) electrons. The molecular weight excluding hydrogens is 448 g/mol.